The van der Waals surface area contributed by atoms with E-state index in [2.05, 4.69) is 0 Å². The molecule has 0 amide bonds. The van der Waals surface area contributed by atoms with E-state index in [0.29, 0.717) is 0 Å². The Morgan fingerprint density at radius 3 is 2.56 bits per heavy atom. The van der Waals surface area contributed by atoms with Crippen molar-refractivity contribution in [3.05, 3.63) is 22.9 Å². The Bertz CT molecular complexity index is 453. The number of carbonyl (C=O) groups is 1. The van der Waals surface area contributed by atoms with Gasteiger partial charge in [-0.2, -0.15) is 0 Å². The molecule has 1 fully saturated rings. The SMILES string of the molecule is CCCn1ccn(CC(=O)C2CCCCC2)c1=O. The van der Waals surface area contributed by atoms with Gasteiger partial charge in [-0.05, 0) is 19.3 Å². The van der Waals surface area contributed by atoms with Crippen molar-refractivity contribution in [3.8, 4) is 0 Å². The largest absolute Gasteiger partial charge is 0.328 e. The molecule has 1 aliphatic rings. The Kier molecular flexibility index (Phi) is 4.39. The van der Waals surface area contributed by atoms with Gasteiger partial charge in [0.2, 0.25) is 0 Å². The fraction of sp³-hybridized carbons (Fsp3) is 0.714. The number of aromatic nitrogens is 2. The summed E-state index contributed by atoms with van der Waals surface area (Å²) >= 11 is 0. The van der Waals surface area contributed by atoms with Crippen LogP contribution in [0, 0.1) is 5.92 Å². The number of imidazole rings is 1. The van der Waals surface area contributed by atoms with E-state index in [1.807, 2.05) is 6.92 Å². The summed E-state index contributed by atoms with van der Waals surface area (Å²) in [5.41, 5.74) is -0.0546. The zero-order valence-electron chi connectivity index (χ0n) is 11.1. The lowest BCUT2D eigenvalue weighted by molar-refractivity contribution is -0.124. The first-order valence-corrected chi connectivity index (χ1v) is 7.00. The molecule has 4 nitrogen and oxygen atoms in total. The van der Waals surface area contributed by atoms with Gasteiger partial charge >= 0.3 is 5.69 Å². The average Bonchev–Trinajstić information content (AvgIpc) is 2.73. The Morgan fingerprint density at radius 1 is 1.22 bits per heavy atom. The number of nitrogens with zero attached hydrogens (tertiary/aromatic N) is 2. The molecule has 0 spiro atoms. The molecule has 100 valence electrons. The van der Waals surface area contributed by atoms with E-state index in [9.17, 15) is 9.59 Å². The lowest BCUT2D eigenvalue weighted by atomic mass is 9.86. The highest BCUT2D eigenvalue weighted by Crippen LogP contribution is 2.24. The molecular formula is C14H22N2O2. The summed E-state index contributed by atoms with van der Waals surface area (Å²) in [6, 6.07) is 0. The monoisotopic (exact) mass is 250 g/mol. The van der Waals surface area contributed by atoms with Gasteiger partial charge in [-0.15, -0.1) is 0 Å². The highest BCUT2D eigenvalue weighted by molar-refractivity contribution is 5.80. The highest BCUT2D eigenvalue weighted by Gasteiger charge is 2.21. The maximum Gasteiger partial charge on any atom is 0.328 e. The molecule has 0 bridgehead atoms. The third kappa shape index (κ3) is 2.92. The van der Waals surface area contributed by atoms with Crippen LogP contribution in [-0.4, -0.2) is 14.9 Å². The summed E-state index contributed by atoms with van der Waals surface area (Å²) in [5, 5.41) is 0. The molecule has 0 aromatic carbocycles. The molecular weight excluding hydrogens is 228 g/mol. The van der Waals surface area contributed by atoms with Crippen molar-refractivity contribution in [2.24, 2.45) is 5.92 Å². The van der Waals surface area contributed by atoms with E-state index < -0.39 is 0 Å². The van der Waals surface area contributed by atoms with Crippen molar-refractivity contribution in [1.82, 2.24) is 9.13 Å². The average molecular weight is 250 g/mol. The zero-order chi connectivity index (χ0) is 13.0. The Hall–Kier alpha value is -1.32. The van der Waals surface area contributed by atoms with E-state index in [1.165, 1.54) is 6.42 Å². The fourth-order valence-electron chi connectivity index (χ4n) is 2.71. The predicted octanol–water partition coefficient (Wildman–Crippen LogP) is 2.21. The van der Waals surface area contributed by atoms with Gasteiger partial charge in [-0.3, -0.25) is 13.9 Å². The summed E-state index contributed by atoms with van der Waals surface area (Å²) in [6.45, 7) is 3.01. The second-order valence-corrected chi connectivity index (χ2v) is 5.20. The number of aryl methyl sites for hydroxylation is 1. The number of Topliss-reactive ketones (excluding diaryl/α,β-unsaturated/α-hetero) is 1. The number of hydrogen-bond donors (Lipinski definition) is 0. The van der Waals surface area contributed by atoms with Crippen LogP contribution in [0.4, 0.5) is 0 Å². The molecule has 0 aliphatic heterocycles. The minimum absolute atomic E-state index is 0.0546. The molecule has 1 saturated carbocycles. The van der Waals surface area contributed by atoms with Gasteiger partial charge in [0.25, 0.3) is 0 Å². The van der Waals surface area contributed by atoms with Crippen LogP contribution in [-0.2, 0) is 17.9 Å². The minimum Gasteiger partial charge on any atom is -0.299 e. The lowest BCUT2D eigenvalue weighted by Gasteiger charge is -2.20. The van der Waals surface area contributed by atoms with Crippen LogP contribution in [0.15, 0.2) is 17.2 Å². The predicted molar refractivity (Wildman–Crippen MR) is 70.6 cm³/mol. The normalized spacial score (nSPS) is 16.9. The van der Waals surface area contributed by atoms with Gasteiger partial charge in [0.05, 0.1) is 6.54 Å². The van der Waals surface area contributed by atoms with Crippen molar-refractivity contribution in [2.75, 3.05) is 0 Å². The lowest BCUT2D eigenvalue weighted by Crippen LogP contribution is -2.30. The third-order valence-corrected chi connectivity index (χ3v) is 3.77. The molecule has 1 heterocycles. The standard InChI is InChI=1S/C14H22N2O2/c1-2-8-15-9-10-16(14(15)18)11-13(17)12-6-4-3-5-7-12/h9-10,12H,2-8,11H2,1H3. The van der Waals surface area contributed by atoms with E-state index in [-0.39, 0.29) is 23.9 Å². The number of carbonyl (C=O) groups excluding carboxylic acids is 1. The molecule has 0 radical (unpaired) electrons. The van der Waals surface area contributed by atoms with Crippen LogP contribution in [0.25, 0.3) is 0 Å². The molecule has 1 aromatic rings. The summed E-state index contributed by atoms with van der Waals surface area (Å²) in [6.07, 6.45) is 10.0. The fourth-order valence-corrected chi connectivity index (χ4v) is 2.71. The van der Waals surface area contributed by atoms with Crippen molar-refractivity contribution < 1.29 is 4.79 Å². The molecule has 4 heteroatoms. The number of ketones is 1. The van der Waals surface area contributed by atoms with Crippen LogP contribution in [0.2, 0.25) is 0 Å². The molecule has 2 rings (SSSR count). The summed E-state index contributed by atoms with van der Waals surface area (Å²) in [5.74, 6) is 0.409. The topological polar surface area (TPSA) is 44.0 Å². The second kappa shape index (κ2) is 6.03. The van der Waals surface area contributed by atoms with Gasteiger partial charge < -0.3 is 0 Å². The second-order valence-electron chi connectivity index (χ2n) is 5.20. The van der Waals surface area contributed by atoms with Gasteiger partial charge in [0.15, 0.2) is 5.78 Å². The molecule has 0 atom stereocenters. The van der Waals surface area contributed by atoms with Crippen molar-refractivity contribution >= 4 is 5.78 Å². The zero-order valence-corrected chi connectivity index (χ0v) is 11.1. The smallest absolute Gasteiger partial charge is 0.299 e. The van der Waals surface area contributed by atoms with Crippen LogP contribution >= 0.6 is 0 Å². The van der Waals surface area contributed by atoms with Crippen LogP contribution in [0.3, 0.4) is 0 Å². The summed E-state index contributed by atoms with van der Waals surface area (Å²) in [4.78, 5) is 24.1. The van der Waals surface area contributed by atoms with Gasteiger partial charge in [-0.1, -0.05) is 26.2 Å². The van der Waals surface area contributed by atoms with Crippen molar-refractivity contribution in [3.63, 3.8) is 0 Å². The van der Waals surface area contributed by atoms with Gasteiger partial charge in [0.1, 0.15) is 0 Å². The maximum atomic E-state index is 12.1. The van der Waals surface area contributed by atoms with Crippen molar-refractivity contribution in [2.45, 2.75) is 58.5 Å². The van der Waals surface area contributed by atoms with Gasteiger partial charge in [0, 0.05) is 24.9 Å². The molecule has 1 aromatic heterocycles. The van der Waals surface area contributed by atoms with E-state index in [4.69, 9.17) is 0 Å². The van der Waals surface area contributed by atoms with Crippen LogP contribution < -0.4 is 5.69 Å². The van der Waals surface area contributed by atoms with Crippen LogP contribution in [0.5, 0.6) is 0 Å². The molecule has 0 unspecified atom stereocenters. The summed E-state index contributed by atoms with van der Waals surface area (Å²) in [7, 11) is 0. The van der Waals surface area contributed by atoms with Crippen molar-refractivity contribution in [1.29, 1.82) is 0 Å². The molecule has 0 N–H and O–H groups in total. The van der Waals surface area contributed by atoms with Gasteiger partial charge in [-0.25, -0.2) is 4.79 Å². The van der Waals surface area contributed by atoms with Crippen LogP contribution in [0.1, 0.15) is 45.4 Å². The quantitative estimate of drug-likeness (QED) is 0.804. The maximum absolute atomic E-state index is 12.1. The van der Waals surface area contributed by atoms with E-state index in [1.54, 1.807) is 21.5 Å². The summed E-state index contributed by atoms with van der Waals surface area (Å²) < 4.78 is 3.22. The Morgan fingerprint density at radius 2 is 1.89 bits per heavy atom. The number of rotatable bonds is 5. The van der Waals surface area contributed by atoms with E-state index >= 15 is 0 Å². The third-order valence-electron chi connectivity index (χ3n) is 3.77. The first-order valence-electron chi connectivity index (χ1n) is 7.00. The van der Waals surface area contributed by atoms with E-state index in [0.717, 1.165) is 38.6 Å². The highest BCUT2D eigenvalue weighted by atomic mass is 16.2. The first kappa shape index (κ1) is 13.1. The Labute approximate surface area is 108 Å². The minimum atomic E-state index is -0.0546. The first-order chi connectivity index (χ1) is 8.72. The number of hydrogen-bond acceptors (Lipinski definition) is 2. The molecule has 1 aliphatic carbocycles. The molecule has 0 saturated heterocycles. The Balaban J connectivity index is 2.00. The molecule has 18 heavy (non-hydrogen) atoms.